The van der Waals surface area contributed by atoms with Crippen LogP contribution in [0.5, 0.6) is 0 Å². The average Bonchev–Trinajstić information content (AvgIpc) is 2.83. The van der Waals surface area contributed by atoms with Gasteiger partial charge in [0.2, 0.25) is 5.91 Å². The molecule has 1 aliphatic rings. The maximum atomic E-state index is 11.6. The molecular weight excluding hydrogens is 240 g/mol. The molecule has 0 bridgehead atoms. The molecule has 1 aliphatic heterocycles. The molecule has 17 heavy (non-hydrogen) atoms. The van der Waals surface area contributed by atoms with Crippen LogP contribution in [0.4, 0.5) is 5.82 Å². The smallest absolute Gasteiger partial charge is 0.225 e. The van der Waals surface area contributed by atoms with Crippen molar-refractivity contribution in [1.29, 1.82) is 0 Å². The number of amides is 1. The zero-order valence-corrected chi connectivity index (χ0v) is 10.2. The van der Waals surface area contributed by atoms with Gasteiger partial charge in [0.15, 0.2) is 11.0 Å². The zero-order chi connectivity index (χ0) is 12.1. The van der Waals surface area contributed by atoms with E-state index in [0.717, 1.165) is 25.9 Å². The van der Waals surface area contributed by atoms with E-state index in [-0.39, 0.29) is 5.91 Å². The molecule has 1 saturated heterocycles. The van der Waals surface area contributed by atoms with E-state index in [2.05, 4.69) is 20.8 Å². The number of anilines is 1. The lowest BCUT2D eigenvalue weighted by Crippen LogP contribution is -2.15. The summed E-state index contributed by atoms with van der Waals surface area (Å²) in [5.74, 6) is 1.05. The maximum absolute atomic E-state index is 11.6. The molecule has 1 unspecified atom stereocenters. The van der Waals surface area contributed by atoms with Crippen LogP contribution in [0.25, 0.3) is 0 Å². The van der Waals surface area contributed by atoms with Crippen molar-refractivity contribution < 1.29 is 4.79 Å². The van der Waals surface area contributed by atoms with Gasteiger partial charge in [-0.25, -0.2) is 0 Å². The highest BCUT2D eigenvalue weighted by Gasteiger charge is 2.15. The Balaban J connectivity index is 1.74. The highest BCUT2D eigenvalue weighted by Crippen LogP contribution is 2.15. The van der Waals surface area contributed by atoms with Gasteiger partial charge in [-0.05, 0) is 44.0 Å². The van der Waals surface area contributed by atoms with E-state index in [1.807, 2.05) is 0 Å². The third-order valence-corrected chi connectivity index (χ3v) is 3.04. The van der Waals surface area contributed by atoms with Crippen LogP contribution in [0, 0.1) is 5.92 Å². The van der Waals surface area contributed by atoms with Gasteiger partial charge in [0.1, 0.15) is 0 Å². The van der Waals surface area contributed by atoms with Crippen molar-refractivity contribution in [3.63, 3.8) is 0 Å². The van der Waals surface area contributed by atoms with Gasteiger partial charge in [0, 0.05) is 6.42 Å². The minimum atomic E-state index is -0.0199. The molecule has 6 heteroatoms. The highest BCUT2D eigenvalue weighted by molar-refractivity contribution is 6.29. The van der Waals surface area contributed by atoms with Crippen molar-refractivity contribution in [2.75, 3.05) is 18.4 Å². The first-order valence-electron chi connectivity index (χ1n) is 5.74. The van der Waals surface area contributed by atoms with Crippen molar-refractivity contribution in [2.24, 2.45) is 5.92 Å². The first-order valence-corrected chi connectivity index (χ1v) is 6.11. The molecule has 0 spiro atoms. The maximum Gasteiger partial charge on any atom is 0.225 e. The fraction of sp³-hybridized carbons (Fsp3) is 0.545. The fourth-order valence-electron chi connectivity index (χ4n) is 1.88. The Morgan fingerprint density at radius 2 is 2.41 bits per heavy atom. The highest BCUT2D eigenvalue weighted by atomic mass is 35.5. The standard InChI is InChI=1S/C11H15ClN4O/c12-9-2-3-10(16-15-9)14-11(17)4-1-8-5-6-13-7-8/h2-3,8,13H,1,4-7H2,(H,14,16,17). The van der Waals surface area contributed by atoms with Crippen LogP contribution in [0.2, 0.25) is 5.15 Å². The number of rotatable bonds is 4. The van der Waals surface area contributed by atoms with Crippen molar-refractivity contribution in [2.45, 2.75) is 19.3 Å². The van der Waals surface area contributed by atoms with Crippen LogP contribution in [0.1, 0.15) is 19.3 Å². The van der Waals surface area contributed by atoms with Gasteiger partial charge >= 0.3 is 0 Å². The number of hydrogen-bond acceptors (Lipinski definition) is 4. The van der Waals surface area contributed by atoms with Gasteiger partial charge in [0.05, 0.1) is 0 Å². The first-order chi connectivity index (χ1) is 8.24. The third kappa shape index (κ3) is 3.94. The Bertz CT molecular complexity index is 376. The van der Waals surface area contributed by atoms with Crippen LogP contribution in [0.3, 0.4) is 0 Å². The van der Waals surface area contributed by atoms with E-state index >= 15 is 0 Å². The molecule has 1 aromatic rings. The van der Waals surface area contributed by atoms with Gasteiger partial charge in [-0.15, -0.1) is 10.2 Å². The van der Waals surface area contributed by atoms with Crippen molar-refractivity contribution in [1.82, 2.24) is 15.5 Å². The quantitative estimate of drug-likeness (QED) is 0.854. The normalized spacial score (nSPS) is 19.2. The van der Waals surface area contributed by atoms with Crippen LogP contribution < -0.4 is 10.6 Å². The zero-order valence-electron chi connectivity index (χ0n) is 9.45. The Labute approximate surface area is 105 Å². The number of nitrogens with zero attached hydrogens (tertiary/aromatic N) is 2. The summed E-state index contributed by atoms with van der Waals surface area (Å²) in [4.78, 5) is 11.6. The van der Waals surface area contributed by atoms with E-state index in [0.29, 0.717) is 23.3 Å². The minimum absolute atomic E-state index is 0.0199. The van der Waals surface area contributed by atoms with E-state index in [9.17, 15) is 4.79 Å². The van der Waals surface area contributed by atoms with Gasteiger partial charge in [-0.3, -0.25) is 4.79 Å². The molecule has 2 N–H and O–H groups in total. The van der Waals surface area contributed by atoms with Gasteiger partial charge in [0.25, 0.3) is 0 Å². The summed E-state index contributed by atoms with van der Waals surface area (Å²) in [6.07, 6.45) is 2.60. The van der Waals surface area contributed by atoms with Crippen molar-refractivity contribution >= 4 is 23.3 Å². The number of nitrogens with one attached hydrogen (secondary N) is 2. The molecule has 0 saturated carbocycles. The van der Waals surface area contributed by atoms with E-state index in [1.165, 1.54) is 0 Å². The van der Waals surface area contributed by atoms with Crippen molar-refractivity contribution in [3.05, 3.63) is 17.3 Å². The topological polar surface area (TPSA) is 66.9 Å². The molecular formula is C11H15ClN4O. The van der Waals surface area contributed by atoms with E-state index in [1.54, 1.807) is 12.1 Å². The van der Waals surface area contributed by atoms with E-state index < -0.39 is 0 Å². The molecule has 1 atom stereocenters. The molecule has 2 heterocycles. The minimum Gasteiger partial charge on any atom is -0.316 e. The van der Waals surface area contributed by atoms with Gasteiger partial charge < -0.3 is 10.6 Å². The molecule has 1 fully saturated rings. The molecule has 0 aromatic carbocycles. The Hall–Kier alpha value is -1.20. The number of carbonyl (C=O) groups excluding carboxylic acids is 1. The number of halogens is 1. The second-order valence-corrected chi connectivity index (χ2v) is 4.57. The first kappa shape index (κ1) is 12.3. The summed E-state index contributed by atoms with van der Waals surface area (Å²) in [7, 11) is 0. The molecule has 0 radical (unpaired) electrons. The Kier molecular flexibility index (Phi) is 4.28. The molecule has 1 amide bonds. The molecule has 5 nitrogen and oxygen atoms in total. The largest absolute Gasteiger partial charge is 0.316 e. The summed E-state index contributed by atoms with van der Waals surface area (Å²) < 4.78 is 0. The fourth-order valence-corrected chi connectivity index (χ4v) is 1.98. The molecule has 1 aromatic heterocycles. The number of aromatic nitrogens is 2. The Morgan fingerprint density at radius 1 is 1.53 bits per heavy atom. The summed E-state index contributed by atoms with van der Waals surface area (Å²) in [5, 5.41) is 13.7. The second kappa shape index (κ2) is 5.93. The lowest BCUT2D eigenvalue weighted by molar-refractivity contribution is -0.116. The SMILES string of the molecule is O=C(CCC1CCNC1)Nc1ccc(Cl)nn1. The number of carbonyl (C=O) groups is 1. The van der Waals surface area contributed by atoms with Gasteiger partial charge in [-0.2, -0.15) is 0 Å². The predicted octanol–water partition coefficient (Wildman–Crippen LogP) is 1.46. The lowest BCUT2D eigenvalue weighted by Gasteiger charge is -2.07. The number of hydrogen-bond donors (Lipinski definition) is 2. The monoisotopic (exact) mass is 254 g/mol. The summed E-state index contributed by atoms with van der Waals surface area (Å²) >= 11 is 5.60. The van der Waals surface area contributed by atoms with Gasteiger partial charge in [-0.1, -0.05) is 11.6 Å². The molecule has 2 rings (SSSR count). The molecule has 0 aliphatic carbocycles. The van der Waals surface area contributed by atoms with Crippen LogP contribution in [0.15, 0.2) is 12.1 Å². The molecule has 92 valence electrons. The van der Waals surface area contributed by atoms with Crippen molar-refractivity contribution in [3.8, 4) is 0 Å². The summed E-state index contributed by atoms with van der Waals surface area (Å²) in [6.45, 7) is 2.09. The van der Waals surface area contributed by atoms with E-state index in [4.69, 9.17) is 11.6 Å². The Morgan fingerprint density at radius 3 is 3.06 bits per heavy atom. The predicted molar refractivity (Wildman–Crippen MR) is 65.9 cm³/mol. The van der Waals surface area contributed by atoms with Crippen LogP contribution in [-0.2, 0) is 4.79 Å². The third-order valence-electron chi connectivity index (χ3n) is 2.84. The average molecular weight is 255 g/mol. The van der Waals surface area contributed by atoms with Crippen LogP contribution in [-0.4, -0.2) is 29.2 Å². The second-order valence-electron chi connectivity index (χ2n) is 4.19. The summed E-state index contributed by atoms with van der Waals surface area (Å²) in [6, 6.07) is 3.25. The lowest BCUT2D eigenvalue weighted by atomic mass is 10.0. The van der Waals surface area contributed by atoms with Crippen LogP contribution >= 0.6 is 11.6 Å². The summed E-state index contributed by atoms with van der Waals surface area (Å²) in [5.41, 5.74) is 0.